The molecule has 2 fully saturated rings. The van der Waals surface area contributed by atoms with Crippen LogP contribution >= 0.6 is 0 Å². The lowest BCUT2D eigenvalue weighted by atomic mass is 9.80. The van der Waals surface area contributed by atoms with Crippen LogP contribution in [0, 0.1) is 0 Å². The molecule has 208 valence electrons. The highest BCUT2D eigenvalue weighted by Gasteiger charge is 2.49. The van der Waals surface area contributed by atoms with Gasteiger partial charge in [0.05, 0.1) is 19.5 Å². The van der Waals surface area contributed by atoms with E-state index in [2.05, 4.69) is 0 Å². The molecule has 3 aromatic rings. The fourth-order valence-corrected chi connectivity index (χ4v) is 5.95. The third-order valence-corrected chi connectivity index (χ3v) is 7.52. The molecule has 2 heterocycles. The summed E-state index contributed by atoms with van der Waals surface area (Å²) in [7, 11) is -3.89. The van der Waals surface area contributed by atoms with Gasteiger partial charge in [0, 0.05) is 0 Å². The third-order valence-electron chi connectivity index (χ3n) is 6.92. The second-order valence-corrected chi connectivity index (χ2v) is 11.4. The van der Waals surface area contributed by atoms with Crippen LogP contribution in [0.15, 0.2) is 91.0 Å². The molecule has 0 aromatic heterocycles. The van der Waals surface area contributed by atoms with Crippen LogP contribution in [-0.4, -0.2) is 64.9 Å². The fourth-order valence-electron chi connectivity index (χ4n) is 5.33. The second kappa shape index (κ2) is 11.9. The van der Waals surface area contributed by atoms with Crippen LogP contribution in [0.5, 0.6) is 0 Å². The molecule has 0 N–H and O–H groups in total. The lowest BCUT2D eigenvalue weighted by Crippen LogP contribution is -2.61. The van der Waals surface area contributed by atoms with Crippen molar-refractivity contribution in [1.29, 1.82) is 0 Å². The van der Waals surface area contributed by atoms with Crippen LogP contribution in [0.4, 0.5) is 0 Å². The first-order valence-corrected chi connectivity index (χ1v) is 14.8. The predicted octanol–water partition coefficient (Wildman–Crippen LogP) is 4.23. The van der Waals surface area contributed by atoms with Crippen LogP contribution in [-0.2, 0) is 43.6 Å². The number of ether oxygens (including phenoxy) is 5. The molecule has 5 rings (SSSR count). The molecule has 2 aliphatic rings. The highest BCUT2D eigenvalue weighted by molar-refractivity contribution is 7.86. The lowest BCUT2D eigenvalue weighted by molar-refractivity contribution is -0.360. The van der Waals surface area contributed by atoms with Crippen LogP contribution < -0.4 is 0 Å². The summed E-state index contributed by atoms with van der Waals surface area (Å²) in [4.78, 5) is 0. The molecule has 8 nitrogen and oxygen atoms in total. The van der Waals surface area contributed by atoms with Gasteiger partial charge in [-0.3, -0.25) is 4.18 Å². The van der Waals surface area contributed by atoms with Crippen LogP contribution in [0.3, 0.4) is 0 Å². The summed E-state index contributed by atoms with van der Waals surface area (Å²) in [6.07, 6.45) is -2.98. The Hall–Kier alpha value is -2.63. The van der Waals surface area contributed by atoms with Gasteiger partial charge in [0.25, 0.3) is 10.1 Å². The molecule has 0 unspecified atom stereocenters. The summed E-state index contributed by atoms with van der Waals surface area (Å²) in [6.45, 7) is 3.71. The Kier molecular flexibility index (Phi) is 8.49. The predicted molar refractivity (Wildman–Crippen MR) is 144 cm³/mol. The van der Waals surface area contributed by atoms with Crippen molar-refractivity contribution in [2.24, 2.45) is 0 Å². The van der Waals surface area contributed by atoms with Crippen molar-refractivity contribution in [2.75, 3.05) is 19.5 Å². The molecule has 0 saturated carbocycles. The third kappa shape index (κ3) is 6.25. The monoisotopic (exact) mass is 554 g/mol. The average molecular weight is 555 g/mol. The minimum atomic E-state index is -3.89. The van der Waals surface area contributed by atoms with Crippen LogP contribution in [0.25, 0.3) is 0 Å². The summed E-state index contributed by atoms with van der Waals surface area (Å²) in [6, 6.07) is 29.5. The van der Waals surface area contributed by atoms with E-state index in [9.17, 15) is 8.42 Å². The summed E-state index contributed by atoms with van der Waals surface area (Å²) in [5.41, 5.74) is 1.59. The van der Waals surface area contributed by atoms with E-state index < -0.39 is 52.7 Å². The molecule has 6 atom stereocenters. The van der Waals surface area contributed by atoms with Gasteiger partial charge >= 0.3 is 0 Å². The van der Waals surface area contributed by atoms with E-state index in [1.165, 1.54) is 0 Å². The Bertz CT molecular complexity index is 1210. The molecule has 0 spiro atoms. The van der Waals surface area contributed by atoms with Gasteiger partial charge < -0.3 is 23.7 Å². The van der Waals surface area contributed by atoms with E-state index in [0.717, 1.165) is 22.9 Å². The molecular weight excluding hydrogens is 520 g/mol. The molecule has 0 amide bonds. The summed E-state index contributed by atoms with van der Waals surface area (Å²) < 4.78 is 61.2. The Morgan fingerprint density at radius 3 is 1.79 bits per heavy atom. The normalized spacial score (nSPS) is 26.5. The van der Waals surface area contributed by atoms with E-state index in [-0.39, 0.29) is 6.61 Å². The zero-order chi connectivity index (χ0) is 27.5. The Balaban J connectivity index is 1.58. The molecule has 0 bridgehead atoms. The maximum absolute atomic E-state index is 12.5. The molecular formula is C30H34O8S. The van der Waals surface area contributed by atoms with E-state index in [4.69, 9.17) is 27.9 Å². The standard InChI is InChI=1S/C30H34O8S/c1-21-33-19-26-28(36-21)29(37-22(2)35-26)27(38-39(3,31)32)20-34-30(23-13-7-4-8-14-23,24-15-9-5-10-16-24)25-17-11-6-12-18-25/h4-18,21-22,26-29H,19-20H2,1-3H3/t21-,22-,26+,27-,28-,29+/m1/s1. The molecule has 2 aliphatic heterocycles. The number of rotatable bonds is 9. The zero-order valence-electron chi connectivity index (χ0n) is 22.2. The molecule has 3 aromatic carbocycles. The van der Waals surface area contributed by atoms with Crippen molar-refractivity contribution in [3.05, 3.63) is 108 Å². The van der Waals surface area contributed by atoms with Crippen LogP contribution in [0.1, 0.15) is 30.5 Å². The first-order chi connectivity index (χ1) is 18.8. The van der Waals surface area contributed by atoms with E-state index >= 15 is 0 Å². The van der Waals surface area contributed by atoms with Crippen molar-refractivity contribution < 1.29 is 36.3 Å². The minimum absolute atomic E-state index is 0.120. The largest absolute Gasteiger partial charge is 0.358 e. The van der Waals surface area contributed by atoms with Gasteiger partial charge in [0.1, 0.15) is 30.0 Å². The van der Waals surface area contributed by atoms with E-state index in [1.54, 1.807) is 13.8 Å². The van der Waals surface area contributed by atoms with Crippen molar-refractivity contribution in [3.63, 3.8) is 0 Å². The van der Waals surface area contributed by atoms with Gasteiger partial charge in [-0.15, -0.1) is 0 Å². The summed E-state index contributed by atoms with van der Waals surface area (Å²) >= 11 is 0. The molecule has 0 aliphatic carbocycles. The first-order valence-electron chi connectivity index (χ1n) is 13.0. The molecule has 39 heavy (non-hydrogen) atoms. The second-order valence-electron chi connectivity index (χ2n) is 9.77. The van der Waals surface area contributed by atoms with Gasteiger partial charge in [0.2, 0.25) is 0 Å². The van der Waals surface area contributed by atoms with Gasteiger partial charge in [-0.1, -0.05) is 91.0 Å². The number of benzene rings is 3. The van der Waals surface area contributed by atoms with Gasteiger partial charge in [-0.2, -0.15) is 8.42 Å². The SMILES string of the molecule is C[C@@H]1OC[C@@H]2O[C@@H](C)O[C@@H]([C@@H](COC(c3ccccc3)(c3ccccc3)c3ccccc3)OS(C)(=O)=O)[C@@H]2O1. The fraction of sp³-hybridized carbons (Fsp3) is 0.400. The van der Waals surface area contributed by atoms with Gasteiger partial charge in [-0.05, 0) is 30.5 Å². The van der Waals surface area contributed by atoms with E-state index in [0.29, 0.717) is 6.61 Å². The highest BCUT2D eigenvalue weighted by Crippen LogP contribution is 2.41. The topological polar surface area (TPSA) is 89.5 Å². The van der Waals surface area contributed by atoms with E-state index in [1.807, 2.05) is 91.0 Å². The highest BCUT2D eigenvalue weighted by atomic mass is 32.2. The Morgan fingerprint density at radius 2 is 1.31 bits per heavy atom. The lowest BCUT2D eigenvalue weighted by Gasteiger charge is -2.47. The van der Waals surface area contributed by atoms with Crippen molar-refractivity contribution >= 4 is 10.1 Å². The smallest absolute Gasteiger partial charge is 0.264 e. The zero-order valence-corrected chi connectivity index (χ0v) is 23.0. The average Bonchev–Trinajstić information content (AvgIpc) is 2.94. The van der Waals surface area contributed by atoms with Crippen molar-refractivity contribution in [2.45, 2.75) is 56.4 Å². The number of hydrogen-bond donors (Lipinski definition) is 0. The first kappa shape index (κ1) is 27.9. The molecule has 0 radical (unpaired) electrons. The van der Waals surface area contributed by atoms with Gasteiger partial charge in [0.15, 0.2) is 12.6 Å². The van der Waals surface area contributed by atoms with Crippen molar-refractivity contribution in [3.8, 4) is 0 Å². The van der Waals surface area contributed by atoms with Crippen molar-refractivity contribution in [1.82, 2.24) is 0 Å². The Labute approximate surface area is 229 Å². The maximum Gasteiger partial charge on any atom is 0.264 e. The van der Waals surface area contributed by atoms with Crippen LogP contribution in [0.2, 0.25) is 0 Å². The summed E-state index contributed by atoms with van der Waals surface area (Å²) in [5.74, 6) is 0. The Morgan fingerprint density at radius 1 is 0.795 bits per heavy atom. The molecule has 9 heteroatoms. The van der Waals surface area contributed by atoms with Gasteiger partial charge in [-0.25, -0.2) is 0 Å². The quantitative estimate of drug-likeness (QED) is 0.287. The summed E-state index contributed by atoms with van der Waals surface area (Å²) in [5, 5.41) is 0. The molecule has 2 saturated heterocycles. The number of fused-ring (bicyclic) bond motifs is 1. The number of hydrogen-bond acceptors (Lipinski definition) is 8. The maximum atomic E-state index is 12.5. The minimum Gasteiger partial charge on any atom is -0.358 e.